The maximum absolute atomic E-state index is 12.9. The van der Waals surface area contributed by atoms with Crippen molar-refractivity contribution in [1.82, 2.24) is 5.32 Å². The van der Waals surface area contributed by atoms with E-state index in [1.807, 2.05) is 31.2 Å². The molecule has 0 bridgehead atoms. The third kappa shape index (κ3) is 4.81. The molecule has 1 amide bonds. The van der Waals surface area contributed by atoms with Crippen molar-refractivity contribution in [3.05, 3.63) is 85.5 Å². The quantitative estimate of drug-likeness (QED) is 0.521. The number of nitrogens with zero attached hydrogens (tertiary/aromatic N) is 1. The van der Waals surface area contributed by atoms with Gasteiger partial charge in [-0.25, -0.2) is 0 Å². The predicted molar refractivity (Wildman–Crippen MR) is 133 cm³/mol. The van der Waals surface area contributed by atoms with Crippen molar-refractivity contribution >= 4 is 52.3 Å². The van der Waals surface area contributed by atoms with Crippen LogP contribution >= 0.6 is 35.0 Å². The lowest BCUT2D eigenvalue weighted by atomic mass is 9.77. The minimum Gasteiger partial charge on any atom is -0.352 e. The molecular formula is C25H21Cl2N3O2S. The van der Waals surface area contributed by atoms with Crippen LogP contribution in [0.4, 0.5) is 5.69 Å². The van der Waals surface area contributed by atoms with Crippen LogP contribution in [0, 0.1) is 18.3 Å². The Kier molecular flexibility index (Phi) is 7.14. The fraction of sp³-hybridized carbons (Fsp3) is 0.240. The monoisotopic (exact) mass is 497 g/mol. The first kappa shape index (κ1) is 23.4. The second kappa shape index (κ2) is 10.0. The van der Waals surface area contributed by atoms with Gasteiger partial charge in [0.05, 0.1) is 38.4 Å². The highest BCUT2D eigenvalue weighted by molar-refractivity contribution is 8.03. The third-order valence-electron chi connectivity index (χ3n) is 5.72. The van der Waals surface area contributed by atoms with E-state index in [4.69, 9.17) is 23.2 Å². The summed E-state index contributed by atoms with van der Waals surface area (Å²) in [4.78, 5) is 25.5. The Bertz CT molecular complexity index is 1250. The summed E-state index contributed by atoms with van der Waals surface area (Å²) in [6, 6.07) is 15.0. The number of allylic oxidation sites excluding steroid dienone is 3. The van der Waals surface area contributed by atoms with Gasteiger partial charge in [-0.1, -0.05) is 65.3 Å². The van der Waals surface area contributed by atoms with Crippen LogP contribution in [0.1, 0.15) is 36.3 Å². The Balaban J connectivity index is 1.66. The van der Waals surface area contributed by atoms with Crippen molar-refractivity contribution in [3.63, 3.8) is 0 Å². The fourth-order valence-corrected chi connectivity index (χ4v) is 5.41. The Morgan fingerprint density at radius 2 is 2.00 bits per heavy atom. The summed E-state index contributed by atoms with van der Waals surface area (Å²) >= 11 is 14.0. The number of carbonyl (C=O) groups is 2. The Morgan fingerprint density at radius 1 is 1.21 bits per heavy atom. The van der Waals surface area contributed by atoms with Crippen LogP contribution in [0.25, 0.3) is 0 Å². The van der Waals surface area contributed by atoms with E-state index in [9.17, 15) is 14.9 Å². The largest absolute Gasteiger partial charge is 0.352 e. The molecule has 2 N–H and O–H groups in total. The first-order valence-corrected chi connectivity index (χ1v) is 12.2. The smallest absolute Gasteiger partial charge is 0.234 e. The molecule has 0 radical (unpaired) electrons. The zero-order valence-electron chi connectivity index (χ0n) is 17.9. The van der Waals surface area contributed by atoms with E-state index in [0.717, 1.165) is 23.4 Å². The van der Waals surface area contributed by atoms with Gasteiger partial charge in [-0.15, -0.1) is 0 Å². The summed E-state index contributed by atoms with van der Waals surface area (Å²) in [6.45, 7) is 1.93. The molecule has 2 aliphatic rings. The number of ketones is 1. The first-order chi connectivity index (χ1) is 15.9. The molecule has 0 fully saturated rings. The SMILES string of the molecule is Cc1ccccc1NC(=O)CSC1=C(C#N)C(c2cccc(Cl)c2Cl)C2=C(CCCC2=O)N1. The second-order valence-corrected chi connectivity index (χ2v) is 9.65. The van der Waals surface area contributed by atoms with E-state index < -0.39 is 5.92 Å². The number of halogens is 2. The minimum atomic E-state index is -0.618. The highest BCUT2D eigenvalue weighted by atomic mass is 35.5. The standard InChI is InChI=1S/C25H21Cl2N3O2S/c1-14-6-2-3-9-18(14)29-21(32)13-33-25-16(12-28)22(15-7-4-8-17(26)24(15)27)23-19(30-25)10-5-11-20(23)31/h2-4,6-9,22,30H,5,10-11,13H2,1H3,(H,29,32). The molecule has 0 saturated carbocycles. The summed E-state index contributed by atoms with van der Waals surface area (Å²) in [6.07, 6.45) is 1.84. The van der Waals surface area contributed by atoms with E-state index in [2.05, 4.69) is 16.7 Å². The molecule has 0 saturated heterocycles. The van der Waals surface area contributed by atoms with Crippen LogP contribution in [0.3, 0.4) is 0 Å². The number of hydrogen-bond donors (Lipinski definition) is 2. The molecule has 2 aromatic rings. The average molecular weight is 498 g/mol. The number of hydrogen-bond acceptors (Lipinski definition) is 5. The Hall–Kier alpha value is -2.72. The maximum Gasteiger partial charge on any atom is 0.234 e. The van der Waals surface area contributed by atoms with Gasteiger partial charge < -0.3 is 10.6 Å². The number of carbonyl (C=O) groups excluding carboxylic acids is 2. The predicted octanol–water partition coefficient (Wildman–Crippen LogP) is 6.10. The number of nitriles is 1. The highest BCUT2D eigenvalue weighted by Gasteiger charge is 2.38. The van der Waals surface area contributed by atoms with Crippen molar-refractivity contribution in [2.45, 2.75) is 32.1 Å². The van der Waals surface area contributed by atoms with Crippen LogP contribution in [0.15, 0.2) is 64.3 Å². The number of amides is 1. The van der Waals surface area contributed by atoms with E-state index in [-0.39, 0.29) is 17.4 Å². The number of anilines is 1. The van der Waals surface area contributed by atoms with Crippen LogP contribution in [-0.2, 0) is 9.59 Å². The van der Waals surface area contributed by atoms with Gasteiger partial charge in [-0.05, 0) is 43.0 Å². The number of rotatable bonds is 5. The molecule has 1 aliphatic carbocycles. The molecular weight excluding hydrogens is 477 g/mol. The van der Waals surface area contributed by atoms with Crippen molar-refractivity contribution in [1.29, 1.82) is 5.26 Å². The average Bonchev–Trinajstić information content (AvgIpc) is 2.80. The van der Waals surface area contributed by atoms with E-state index in [1.165, 1.54) is 11.8 Å². The van der Waals surface area contributed by atoms with Crippen molar-refractivity contribution in [2.75, 3.05) is 11.1 Å². The lowest BCUT2D eigenvalue weighted by Crippen LogP contribution is -2.32. The lowest BCUT2D eigenvalue weighted by Gasteiger charge is -2.33. The van der Waals surface area contributed by atoms with E-state index in [1.54, 1.807) is 18.2 Å². The molecule has 168 valence electrons. The zero-order valence-corrected chi connectivity index (χ0v) is 20.2. The number of Topliss-reactive ketones (excluding diaryl/α,β-unsaturated/α-hetero) is 1. The summed E-state index contributed by atoms with van der Waals surface area (Å²) < 4.78 is 0. The van der Waals surface area contributed by atoms with E-state index in [0.29, 0.717) is 44.6 Å². The molecule has 8 heteroatoms. The Labute approximate surface area is 206 Å². The molecule has 1 unspecified atom stereocenters. The number of benzene rings is 2. The number of dihydropyridines is 1. The molecule has 1 aliphatic heterocycles. The summed E-state index contributed by atoms with van der Waals surface area (Å²) in [5.74, 6) is -0.696. The molecule has 0 spiro atoms. The topological polar surface area (TPSA) is 82.0 Å². The number of thioether (sulfide) groups is 1. The van der Waals surface area contributed by atoms with Crippen LogP contribution in [0.2, 0.25) is 10.0 Å². The van der Waals surface area contributed by atoms with E-state index >= 15 is 0 Å². The van der Waals surface area contributed by atoms with Crippen LogP contribution in [-0.4, -0.2) is 17.4 Å². The second-order valence-electron chi connectivity index (χ2n) is 7.88. The van der Waals surface area contributed by atoms with Gasteiger partial charge in [0, 0.05) is 23.4 Å². The number of para-hydroxylation sites is 1. The summed E-state index contributed by atoms with van der Waals surface area (Å²) in [5.41, 5.74) is 4.05. The highest BCUT2D eigenvalue weighted by Crippen LogP contribution is 2.46. The van der Waals surface area contributed by atoms with Gasteiger partial charge in [0.2, 0.25) is 5.91 Å². The lowest BCUT2D eigenvalue weighted by molar-refractivity contribution is -0.116. The third-order valence-corrected chi connectivity index (χ3v) is 7.57. The first-order valence-electron chi connectivity index (χ1n) is 10.5. The van der Waals surface area contributed by atoms with Crippen molar-refractivity contribution in [2.24, 2.45) is 0 Å². The zero-order chi connectivity index (χ0) is 23.5. The molecule has 1 heterocycles. The maximum atomic E-state index is 12.9. The van der Waals surface area contributed by atoms with Gasteiger partial charge in [0.1, 0.15) is 0 Å². The summed E-state index contributed by atoms with van der Waals surface area (Å²) in [7, 11) is 0. The number of aryl methyl sites for hydroxylation is 1. The summed E-state index contributed by atoms with van der Waals surface area (Å²) in [5, 5.41) is 17.5. The fourth-order valence-electron chi connectivity index (χ4n) is 4.13. The van der Waals surface area contributed by atoms with Crippen molar-refractivity contribution < 1.29 is 9.59 Å². The minimum absolute atomic E-state index is 0.00103. The van der Waals surface area contributed by atoms with Gasteiger partial charge in [-0.2, -0.15) is 5.26 Å². The molecule has 1 atom stereocenters. The van der Waals surface area contributed by atoms with Gasteiger partial charge in [-0.3, -0.25) is 9.59 Å². The van der Waals surface area contributed by atoms with Gasteiger partial charge in [0.25, 0.3) is 0 Å². The van der Waals surface area contributed by atoms with Crippen LogP contribution < -0.4 is 10.6 Å². The normalized spacial score (nSPS) is 17.9. The molecule has 33 heavy (non-hydrogen) atoms. The molecule has 0 aromatic heterocycles. The molecule has 5 nitrogen and oxygen atoms in total. The van der Waals surface area contributed by atoms with Crippen LogP contribution in [0.5, 0.6) is 0 Å². The Morgan fingerprint density at radius 3 is 2.76 bits per heavy atom. The molecule has 2 aromatic carbocycles. The van der Waals surface area contributed by atoms with Crippen molar-refractivity contribution in [3.8, 4) is 6.07 Å². The van der Waals surface area contributed by atoms with Gasteiger partial charge >= 0.3 is 0 Å². The van der Waals surface area contributed by atoms with Gasteiger partial charge in [0.15, 0.2) is 5.78 Å². The number of nitrogens with one attached hydrogen (secondary N) is 2. The molecule has 4 rings (SSSR count).